The Morgan fingerprint density at radius 2 is 1.52 bits per heavy atom. The third kappa shape index (κ3) is 5.85. The van der Waals surface area contributed by atoms with Gasteiger partial charge in [-0.15, -0.1) is 0 Å². The van der Waals surface area contributed by atoms with Gasteiger partial charge in [0.25, 0.3) is 0 Å². The van der Waals surface area contributed by atoms with Crippen molar-refractivity contribution in [3.8, 4) is 0 Å². The molecule has 0 aliphatic carbocycles. The van der Waals surface area contributed by atoms with Gasteiger partial charge in [0.15, 0.2) is 5.78 Å². The van der Waals surface area contributed by atoms with Gasteiger partial charge < -0.3 is 10.6 Å². The van der Waals surface area contributed by atoms with E-state index in [4.69, 9.17) is 5.14 Å². The fourth-order valence-electron chi connectivity index (χ4n) is 2.94. The van der Waals surface area contributed by atoms with Gasteiger partial charge in [-0.05, 0) is 36.8 Å². The molecule has 0 radical (unpaired) electrons. The molecular weight excluding hydrogens is 414 g/mol. The summed E-state index contributed by atoms with van der Waals surface area (Å²) in [4.78, 5) is 25.5. The maximum Gasteiger partial charge on any atom is 0.241 e. The van der Waals surface area contributed by atoms with Crippen LogP contribution in [-0.4, -0.2) is 26.2 Å². The van der Waals surface area contributed by atoms with Crippen LogP contribution in [0.4, 0.5) is 5.69 Å². The third-order valence-electron chi connectivity index (χ3n) is 4.72. The molecular formula is C23H23N3O4S. The Balaban J connectivity index is 1.64. The first-order valence-electron chi connectivity index (χ1n) is 9.60. The summed E-state index contributed by atoms with van der Waals surface area (Å²) < 4.78 is 22.6. The Bertz CT molecular complexity index is 1180. The van der Waals surface area contributed by atoms with Crippen LogP contribution in [0.2, 0.25) is 0 Å². The molecule has 1 amide bonds. The molecule has 0 saturated heterocycles. The fourth-order valence-corrected chi connectivity index (χ4v) is 3.45. The third-order valence-corrected chi connectivity index (χ3v) is 5.65. The van der Waals surface area contributed by atoms with Gasteiger partial charge in [0.2, 0.25) is 15.9 Å². The van der Waals surface area contributed by atoms with Crippen LogP contribution < -0.4 is 15.8 Å². The molecule has 3 aromatic rings. The standard InChI is InChI=1S/C23H23N3O4S/c1-16(25-15-17-11-13-19(14-12-17)31(24,29)30)23(28)26-21-10-6-5-9-20(21)22(27)18-7-3-2-4-8-18/h2-14,16,25H,15H2,1H3,(H,26,28)(H2,24,29,30). The van der Waals surface area contributed by atoms with E-state index in [1.807, 2.05) is 6.07 Å². The lowest BCUT2D eigenvalue weighted by Gasteiger charge is -2.16. The second-order valence-corrected chi connectivity index (χ2v) is 8.58. The minimum Gasteiger partial charge on any atom is -0.324 e. The lowest BCUT2D eigenvalue weighted by Crippen LogP contribution is -2.37. The van der Waals surface area contributed by atoms with Crippen molar-refractivity contribution >= 4 is 27.4 Å². The van der Waals surface area contributed by atoms with Crippen molar-refractivity contribution in [2.45, 2.75) is 24.4 Å². The van der Waals surface area contributed by atoms with Gasteiger partial charge >= 0.3 is 0 Å². The summed E-state index contributed by atoms with van der Waals surface area (Å²) in [6.07, 6.45) is 0. The van der Waals surface area contributed by atoms with E-state index in [0.717, 1.165) is 5.56 Å². The summed E-state index contributed by atoms with van der Waals surface area (Å²) in [7, 11) is -3.74. The van der Waals surface area contributed by atoms with E-state index in [2.05, 4.69) is 10.6 Å². The number of hydrogen-bond acceptors (Lipinski definition) is 5. The average molecular weight is 438 g/mol. The molecule has 3 rings (SSSR count). The first-order valence-corrected chi connectivity index (χ1v) is 11.1. The van der Waals surface area contributed by atoms with E-state index in [-0.39, 0.29) is 16.6 Å². The molecule has 31 heavy (non-hydrogen) atoms. The Morgan fingerprint density at radius 3 is 2.16 bits per heavy atom. The van der Waals surface area contributed by atoms with Crippen molar-refractivity contribution in [1.82, 2.24) is 5.32 Å². The molecule has 0 fully saturated rings. The van der Waals surface area contributed by atoms with Crippen LogP contribution in [-0.2, 0) is 21.4 Å². The van der Waals surface area contributed by atoms with Gasteiger partial charge in [-0.1, -0.05) is 54.6 Å². The van der Waals surface area contributed by atoms with Crippen LogP contribution in [0.3, 0.4) is 0 Å². The van der Waals surface area contributed by atoms with Crippen LogP contribution in [0, 0.1) is 0 Å². The number of carbonyl (C=O) groups excluding carboxylic acids is 2. The highest BCUT2D eigenvalue weighted by molar-refractivity contribution is 7.89. The minimum atomic E-state index is -3.74. The summed E-state index contributed by atoms with van der Waals surface area (Å²) in [6.45, 7) is 2.06. The van der Waals surface area contributed by atoms with Gasteiger partial charge in [-0.25, -0.2) is 13.6 Å². The molecule has 4 N–H and O–H groups in total. The maximum absolute atomic E-state index is 12.8. The normalized spacial score (nSPS) is 12.2. The van der Waals surface area contributed by atoms with Crippen LogP contribution >= 0.6 is 0 Å². The molecule has 0 aliphatic heterocycles. The molecule has 160 valence electrons. The number of primary sulfonamides is 1. The van der Waals surface area contributed by atoms with E-state index in [9.17, 15) is 18.0 Å². The summed E-state index contributed by atoms with van der Waals surface area (Å²) in [5.74, 6) is -0.471. The number of carbonyl (C=O) groups is 2. The SMILES string of the molecule is CC(NCc1ccc(S(N)(=O)=O)cc1)C(=O)Nc1ccccc1C(=O)c1ccccc1. The van der Waals surface area contributed by atoms with Gasteiger partial charge in [0, 0.05) is 17.7 Å². The average Bonchev–Trinajstić information content (AvgIpc) is 2.77. The molecule has 1 atom stereocenters. The zero-order valence-corrected chi connectivity index (χ0v) is 17.7. The number of rotatable bonds is 8. The molecule has 0 aliphatic rings. The largest absolute Gasteiger partial charge is 0.324 e. The predicted octanol–water partition coefficient (Wildman–Crippen LogP) is 2.68. The number of benzene rings is 3. The lowest BCUT2D eigenvalue weighted by molar-refractivity contribution is -0.117. The lowest BCUT2D eigenvalue weighted by atomic mass is 10.0. The minimum absolute atomic E-state index is 0.0294. The smallest absolute Gasteiger partial charge is 0.241 e. The number of nitrogens with two attached hydrogens (primary N) is 1. The van der Waals surface area contributed by atoms with Crippen molar-refractivity contribution in [2.24, 2.45) is 5.14 Å². The molecule has 0 bridgehead atoms. The summed E-state index contributed by atoms with van der Waals surface area (Å²) in [5, 5.41) is 11.0. The first-order chi connectivity index (χ1) is 14.8. The molecule has 7 nitrogen and oxygen atoms in total. The zero-order chi connectivity index (χ0) is 22.4. The number of nitrogens with one attached hydrogen (secondary N) is 2. The van der Waals surface area contributed by atoms with Gasteiger partial charge in [0.05, 0.1) is 16.6 Å². The van der Waals surface area contributed by atoms with E-state index < -0.39 is 16.1 Å². The van der Waals surface area contributed by atoms with Crippen LogP contribution in [0.15, 0.2) is 83.8 Å². The number of anilines is 1. The van der Waals surface area contributed by atoms with E-state index >= 15 is 0 Å². The van der Waals surface area contributed by atoms with Crippen molar-refractivity contribution in [2.75, 3.05) is 5.32 Å². The molecule has 0 aromatic heterocycles. The van der Waals surface area contributed by atoms with Crippen molar-refractivity contribution in [1.29, 1.82) is 0 Å². The second-order valence-electron chi connectivity index (χ2n) is 7.02. The maximum atomic E-state index is 12.8. The van der Waals surface area contributed by atoms with E-state index in [1.54, 1.807) is 67.6 Å². The Morgan fingerprint density at radius 1 is 0.903 bits per heavy atom. The first kappa shape index (κ1) is 22.4. The van der Waals surface area contributed by atoms with Crippen LogP contribution in [0.25, 0.3) is 0 Å². The van der Waals surface area contributed by atoms with Crippen molar-refractivity contribution in [3.63, 3.8) is 0 Å². The number of sulfonamides is 1. The topological polar surface area (TPSA) is 118 Å². The highest BCUT2D eigenvalue weighted by Crippen LogP contribution is 2.19. The number of amides is 1. The Hall–Kier alpha value is -3.33. The highest BCUT2D eigenvalue weighted by atomic mass is 32.2. The number of hydrogen-bond donors (Lipinski definition) is 3. The summed E-state index contributed by atoms with van der Waals surface area (Å²) in [6, 6.07) is 21.3. The van der Waals surface area contributed by atoms with E-state index in [0.29, 0.717) is 23.4 Å². The quantitative estimate of drug-likeness (QED) is 0.468. The molecule has 0 spiro atoms. The Kier molecular flexibility index (Phi) is 6.96. The summed E-state index contributed by atoms with van der Waals surface area (Å²) >= 11 is 0. The second kappa shape index (κ2) is 9.65. The Labute approximate surface area is 181 Å². The number of para-hydroxylation sites is 1. The van der Waals surface area contributed by atoms with Gasteiger partial charge in [-0.2, -0.15) is 0 Å². The van der Waals surface area contributed by atoms with Gasteiger partial charge in [-0.3, -0.25) is 9.59 Å². The van der Waals surface area contributed by atoms with Crippen LogP contribution in [0.1, 0.15) is 28.4 Å². The molecule has 1 unspecified atom stereocenters. The molecule has 3 aromatic carbocycles. The van der Waals surface area contributed by atoms with Gasteiger partial charge in [0.1, 0.15) is 0 Å². The van der Waals surface area contributed by atoms with E-state index in [1.165, 1.54) is 12.1 Å². The molecule has 0 saturated carbocycles. The fraction of sp³-hybridized carbons (Fsp3) is 0.130. The number of ketones is 1. The van der Waals surface area contributed by atoms with Crippen molar-refractivity contribution in [3.05, 3.63) is 95.6 Å². The molecule has 0 heterocycles. The van der Waals surface area contributed by atoms with Crippen LogP contribution in [0.5, 0.6) is 0 Å². The summed E-state index contributed by atoms with van der Waals surface area (Å²) in [5.41, 5.74) is 2.19. The predicted molar refractivity (Wildman–Crippen MR) is 119 cm³/mol. The van der Waals surface area contributed by atoms with Crippen molar-refractivity contribution < 1.29 is 18.0 Å². The highest BCUT2D eigenvalue weighted by Gasteiger charge is 2.18. The monoisotopic (exact) mass is 437 g/mol. The molecule has 8 heteroatoms. The zero-order valence-electron chi connectivity index (χ0n) is 16.9.